The zero-order valence-corrected chi connectivity index (χ0v) is 12.6. The van der Waals surface area contributed by atoms with Crippen molar-refractivity contribution in [2.75, 3.05) is 6.54 Å². The second-order valence-corrected chi connectivity index (χ2v) is 6.16. The van der Waals surface area contributed by atoms with Gasteiger partial charge in [0.05, 0.1) is 6.04 Å². The van der Waals surface area contributed by atoms with E-state index in [1.807, 2.05) is 0 Å². The molecule has 0 aromatic heterocycles. The fraction of sp³-hybridized carbons (Fsp3) is 0.588. The predicted octanol–water partition coefficient (Wildman–Crippen LogP) is 2.66. The van der Waals surface area contributed by atoms with Crippen molar-refractivity contribution in [1.29, 1.82) is 0 Å². The molecule has 2 rings (SSSR count). The van der Waals surface area contributed by atoms with Crippen molar-refractivity contribution in [2.24, 2.45) is 5.73 Å². The standard InChI is InChI=1S/C17H26N2O/c1-13-8-4-5-9-15(13)17(10-6-3-7-11-17)12-19-16(20)14(2)18/h4-5,8-9,14H,3,6-7,10-12,18H2,1-2H3,(H,19,20)/t14-/m1/s1. The van der Waals surface area contributed by atoms with E-state index in [1.165, 1.54) is 30.4 Å². The Morgan fingerprint density at radius 2 is 1.95 bits per heavy atom. The van der Waals surface area contributed by atoms with Gasteiger partial charge in [0.1, 0.15) is 0 Å². The van der Waals surface area contributed by atoms with Crippen LogP contribution in [0.1, 0.15) is 50.2 Å². The minimum Gasteiger partial charge on any atom is -0.354 e. The molecule has 1 aromatic rings. The largest absolute Gasteiger partial charge is 0.354 e. The van der Waals surface area contributed by atoms with Gasteiger partial charge in [-0.1, -0.05) is 43.5 Å². The number of carbonyl (C=O) groups excluding carboxylic acids is 1. The third kappa shape index (κ3) is 3.21. The number of nitrogens with one attached hydrogen (secondary N) is 1. The van der Waals surface area contributed by atoms with Crippen LogP contribution in [0.15, 0.2) is 24.3 Å². The Bertz CT molecular complexity index is 462. The Morgan fingerprint density at radius 1 is 1.30 bits per heavy atom. The number of nitrogens with two attached hydrogens (primary N) is 1. The molecule has 0 radical (unpaired) electrons. The van der Waals surface area contributed by atoms with Crippen molar-refractivity contribution in [1.82, 2.24) is 5.32 Å². The highest BCUT2D eigenvalue weighted by atomic mass is 16.2. The van der Waals surface area contributed by atoms with E-state index in [2.05, 4.69) is 36.5 Å². The van der Waals surface area contributed by atoms with Gasteiger partial charge in [0.25, 0.3) is 0 Å². The molecule has 3 N–H and O–H groups in total. The van der Waals surface area contributed by atoms with Crippen LogP contribution < -0.4 is 11.1 Å². The molecule has 1 atom stereocenters. The molecule has 110 valence electrons. The Kier molecular flexibility index (Phi) is 4.81. The first-order valence-corrected chi connectivity index (χ1v) is 7.65. The number of hydrogen-bond acceptors (Lipinski definition) is 2. The summed E-state index contributed by atoms with van der Waals surface area (Å²) in [5, 5.41) is 3.05. The number of amides is 1. The minimum absolute atomic E-state index is 0.0523. The SMILES string of the molecule is Cc1ccccc1C1(CNC(=O)[C@@H](C)N)CCCCC1. The molecule has 3 nitrogen and oxygen atoms in total. The molecule has 1 aromatic carbocycles. The van der Waals surface area contributed by atoms with Crippen molar-refractivity contribution < 1.29 is 4.79 Å². The van der Waals surface area contributed by atoms with Crippen molar-refractivity contribution in [3.8, 4) is 0 Å². The Hall–Kier alpha value is -1.35. The maximum absolute atomic E-state index is 11.8. The summed E-state index contributed by atoms with van der Waals surface area (Å²) in [4.78, 5) is 11.8. The second-order valence-electron chi connectivity index (χ2n) is 6.16. The smallest absolute Gasteiger partial charge is 0.236 e. The average Bonchev–Trinajstić information content (AvgIpc) is 2.46. The fourth-order valence-corrected chi connectivity index (χ4v) is 3.36. The zero-order chi connectivity index (χ0) is 14.6. The van der Waals surface area contributed by atoms with Gasteiger partial charge in [-0.3, -0.25) is 4.79 Å². The van der Waals surface area contributed by atoms with Crippen LogP contribution in [0.25, 0.3) is 0 Å². The maximum atomic E-state index is 11.8. The second kappa shape index (κ2) is 6.40. The van der Waals surface area contributed by atoms with E-state index in [4.69, 9.17) is 5.73 Å². The van der Waals surface area contributed by atoms with Gasteiger partial charge < -0.3 is 11.1 Å². The lowest BCUT2D eigenvalue weighted by atomic mass is 9.68. The average molecular weight is 274 g/mol. The van der Waals surface area contributed by atoms with E-state index < -0.39 is 6.04 Å². The first-order chi connectivity index (χ1) is 9.55. The van der Waals surface area contributed by atoms with E-state index in [0.29, 0.717) is 6.54 Å². The highest BCUT2D eigenvalue weighted by molar-refractivity contribution is 5.81. The Balaban J connectivity index is 2.22. The number of rotatable bonds is 4. The van der Waals surface area contributed by atoms with Gasteiger partial charge in [0.2, 0.25) is 5.91 Å². The van der Waals surface area contributed by atoms with E-state index >= 15 is 0 Å². The summed E-state index contributed by atoms with van der Waals surface area (Å²) in [6.07, 6.45) is 6.08. The van der Waals surface area contributed by atoms with Crippen LogP contribution in [0.5, 0.6) is 0 Å². The van der Waals surface area contributed by atoms with Crippen molar-refractivity contribution in [2.45, 2.75) is 57.4 Å². The fourth-order valence-electron chi connectivity index (χ4n) is 3.36. The van der Waals surface area contributed by atoms with Gasteiger partial charge >= 0.3 is 0 Å². The summed E-state index contributed by atoms with van der Waals surface area (Å²) in [7, 11) is 0. The lowest BCUT2D eigenvalue weighted by Crippen LogP contribution is -2.47. The lowest BCUT2D eigenvalue weighted by Gasteiger charge is -2.39. The van der Waals surface area contributed by atoms with Gasteiger partial charge in [-0.05, 0) is 37.8 Å². The zero-order valence-electron chi connectivity index (χ0n) is 12.6. The monoisotopic (exact) mass is 274 g/mol. The number of aryl methyl sites for hydroxylation is 1. The topological polar surface area (TPSA) is 55.1 Å². The summed E-state index contributed by atoms with van der Waals surface area (Å²) in [5.74, 6) is -0.0523. The van der Waals surface area contributed by atoms with Crippen LogP contribution in [-0.4, -0.2) is 18.5 Å². The molecule has 1 aliphatic rings. The van der Waals surface area contributed by atoms with E-state index in [9.17, 15) is 4.79 Å². The normalized spacial score (nSPS) is 19.4. The molecule has 0 aliphatic heterocycles. The molecule has 0 heterocycles. The first-order valence-electron chi connectivity index (χ1n) is 7.65. The van der Waals surface area contributed by atoms with Gasteiger partial charge in [-0.2, -0.15) is 0 Å². The van der Waals surface area contributed by atoms with E-state index in [1.54, 1.807) is 6.92 Å². The highest BCUT2D eigenvalue weighted by Crippen LogP contribution is 2.40. The number of hydrogen-bond donors (Lipinski definition) is 2. The van der Waals surface area contributed by atoms with Crippen molar-refractivity contribution in [3.05, 3.63) is 35.4 Å². The minimum atomic E-state index is -0.437. The van der Waals surface area contributed by atoms with Gasteiger partial charge in [-0.15, -0.1) is 0 Å². The molecule has 3 heteroatoms. The van der Waals surface area contributed by atoms with E-state index in [-0.39, 0.29) is 11.3 Å². The van der Waals surface area contributed by atoms with E-state index in [0.717, 1.165) is 12.8 Å². The summed E-state index contributed by atoms with van der Waals surface area (Å²) < 4.78 is 0. The maximum Gasteiger partial charge on any atom is 0.236 e. The molecule has 1 fully saturated rings. The summed E-state index contributed by atoms with van der Waals surface area (Å²) in [5.41, 5.74) is 8.46. The molecule has 1 aliphatic carbocycles. The molecular weight excluding hydrogens is 248 g/mol. The van der Waals surface area contributed by atoms with Crippen molar-refractivity contribution in [3.63, 3.8) is 0 Å². The number of benzene rings is 1. The molecule has 1 saturated carbocycles. The molecular formula is C17H26N2O. The van der Waals surface area contributed by atoms with Crippen LogP contribution >= 0.6 is 0 Å². The molecule has 0 unspecified atom stereocenters. The molecule has 0 spiro atoms. The summed E-state index contributed by atoms with van der Waals surface area (Å²) >= 11 is 0. The first kappa shape index (κ1) is 15.0. The van der Waals surface area contributed by atoms with Gasteiger partial charge in [0, 0.05) is 12.0 Å². The quantitative estimate of drug-likeness (QED) is 0.887. The van der Waals surface area contributed by atoms with Crippen LogP contribution in [0.2, 0.25) is 0 Å². The third-order valence-electron chi connectivity index (χ3n) is 4.54. The molecule has 20 heavy (non-hydrogen) atoms. The van der Waals surface area contributed by atoms with Crippen molar-refractivity contribution >= 4 is 5.91 Å². The molecule has 1 amide bonds. The predicted molar refractivity (Wildman–Crippen MR) is 82.6 cm³/mol. The lowest BCUT2D eigenvalue weighted by molar-refractivity contribution is -0.122. The van der Waals surface area contributed by atoms with Crippen LogP contribution in [0.3, 0.4) is 0 Å². The summed E-state index contributed by atoms with van der Waals surface area (Å²) in [6, 6.07) is 8.13. The van der Waals surface area contributed by atoms with Crippen LogP contribution in [0.4, 0.5) is 0 Å². The summed E-state index contributed by atoms with van der Waals surface area (Å²) in [6.45, 7) is 4.61. The van der Waals surface area contributed by atoms with Crippen LogP contribution in [-0.2, 0) is 10.2 Å². The van der Waals surface area contributed by atoms with Crippen LogP contribution in [0, 0.1) is 6.92 Å². The molecule has 0 bridgehead atoms. The molecule has 0 saturated heterocycles. The van der Waals surface area contributed by atoms with Gasteiger partial charge in [0.15, 0.2) is 0 Å². The Morgan fingerprint density at radius 3 is 2.55 bits per heavy atom. The third-order valence-corrected chi connectivity index (χ3v) is 4.54. The number of carbonyl (C=O) groups is 1. The van der Waals surface area contributed by atoms with Gasteiger partial charge in [-0.25, -0.2) is 0 Å². The Labute approximate surface area is 121 Å². The highest BCUT2D eigenvalue weighted by Gasteiger charge is 2.35.